The number of fused-ring (bicyclic) bond motifs is 1. The topological polar surface area (TPSA) is 113 Å². The van der Waals surface area contributed by atoms with Crippen molar-refractivity contribution >= 4 is 23.5 Å². The molecular formula is C28H40FN7O4. The fourth-order valence-electron chi connectivity index (χ4n) is 5.61. The Morgan fingerprint density at radius 3 is 2.65 bits per heavy atom. The van der Waals surface area contributed by atoms with Crippen LogP contribution in [0.1, 0.15) is 57.4 Å². The van der Waals surface area contributed by atoms with Crippen molar-refractivity contribution in [3.63, 3.8) is 0 Å². The minimum absolute atomic E-state index is 0.0991. The van der Waals surface area contributed by atoms with Gasteiger partial charge < -0.3 is 29.9 Å². The summed E-state index contributed by atoms with van der Waals surface area (Å²) in [6, 6.07) is 1.93. The fraction of sp³-hybridized carbons (Fsp3) is 0.643. The Bertz CT molecular complexity index is 1220. The van der Waals surface area contributed by atoms with Gasteiger partial charge in [0.05, 0.1) is 12.7 Å². The van der Waals surface area contributed by atoms with E-state index in [1.807, 2.05) is 16.8 Å². The Kier molecular flexibility index (Phi) is 8.72. The molecule has 0 saturated carbocycles. The minimum atomic E-state index is -0.992. The van der Waals surface area contributed by atoms with Crippen molar-refractivity contribution in [2.45, 2.75) is 64.1 Å². The van der Waals surface area contributed by atoms with Gasteiger partial charge in [-0.05, 0) is 44.1 Å². The number of likely N-dealkylation sites (tertiary alicyclic amines) is 2. The Morgan fingerprint density at radius 1 is 1.18 bits per heavy atom. The van der Waals surface area contributed by atoms with E-state index >= 15 is 0 Å². The van der Waals surface area contributed by atoms with Gasteiger partial charge in [-0.15, -0.1) is 0 Å². The maximum absolute atomic E-state index is 13.1. The molecule has 2 aromatic rings. The minimum Gasteiger partial charge on any atom is -0.473 e. The highest BCUT2D eigenvalue weighted by Gasteiger charge is 2.32. The van der Waals surface area contributed by atoms with Crippen LogP contribution in [0, 0.1) is 5.92 Å². The van der Waals surface area contributed by atoms with Crippen molar-refractivity contribution in [2.24, 2.45) is 5.92 Å². The Labute approximate surface area is 234 Å². The molecule has 1 unspecified atom stereocenters. The van der Waals surface area contributed by atoms with E-state index in [4.69, 9.17) is 14.5 Å². The van der Waals surface area contributed by atoms with E-state index in [-0.39, 0.29) is 24.7 Å². The van der Waals surface area contributed by atoms with Gasteiger partial charge >= 0.3 is 6.09 Å². The maximum Gasteiger partial charge on any atom is 0.410 e. The fourth-order valence-corrected chi connectivity index (χ4v) is 5.61. The Hall–Kier alpha value is -3.41. The van der Waals surface area contributed by atoms with Gasteiger partial charge in [0.2, 0.25) is 5.88 Å². The van der Waals surface area contributed by atoms with Gasteiger partial charge in [0.15, 0.2) is 11.5 Å². The zero-order valence-electron chi connectivity index (χ0n) is 23.4. The normalized spacial score (nSPS) is 22.1. The molecule has 0 bridgehead atoms. The SMILES string of the molecule is C=C(F)C(=O)N1CCC(OC(=O)N2CCC(CNc3cc(O[C@@H]4CCCNC4)nc4c(C(C)C)cnn34)CC2)C1. The number of ether oxygens (including phenoxy) is 2. The van der Waals surface area contributed by atoms with Gasteiger partial charge in [0.1, 0.15) is 18.0 Å². The number of aromatic nitrogens is 3. The molecule has 0 spiro atoms. The second-order valence-electron chi connectivity index (χ2n) is 11.3. The highest BCUT2D eigenvalue weighted by atomic mass is 19.1. The molecule has 2 aromatic heterocycles. The summed E-state index contributed by atoms with van der Waals surface area (Å²) >= 11 is 0. The molecule has 12 heteroatoms. The van der Waals surface area contributed by atoms with Gasteiger partial charge in [0.25, 0.3) is 5.91 Å². The molecule has 2 amide bonds. The number of halogens is 1. The lowest BCUT2D eigenvalue weighted by Crippen LogP contribution is -2.42. The van der Waals surface area contributed by atoms with Gasteiger partial charge in [-0.2, -0.15) is 14.6 Å². The van der Waals surface area contributed by atoms with E-state index in [0.29, 0.717) is 37.9 Å². The van der Waals surface area contributed by atoms with Crippen molar-refractivity contribution in [1.82, 2.24) is 29.7 Å². The van der Waals surface area contributed by atoms with Crippen LogP contribution in [0.3, 0.4) is 0 Å². The van der Waals surface area contributed by atoms with E-state index < -0.39 is 17.8 Å². The number of rotatable bonds is 8. The van der Waals surface area contributed by atoms with Crippen molar-refractivity contribution in [1.29, 1.82) is 0 Å². The highest BCUT2D eigenvalue weighted by Crippen LogP contribution is 2.27. The second kappa shape index (κ2) is 12.4. The molecular weight excluding hydrogens is 517 g/mol. The summed E-state index contributed by atoms with van der Waals surface area (Å²) in [5.41, 5.74) is 1.88. The average molecular weight is 558 g/mol. The number of nitrogens with zero attached hydrogens (tertiary/aromatic N) is 5. The van der Waals surface area contributed by atoms with E-state index in [2.05, 4.69) is 36.2 Å². The molecule has 0 aromatic carbocycles. The number of amides is 2. The molecule has 2 atom stereocenters. The summed E-state index contributed by atoms with van der Waals surface area (Å²) < 4.78 is 26.9. The van der Waals surface area contributed by atoms with Crippen LogP contribution in [-0.4, -0.2) is 94.4 Å². The lowest BCUT2D eigenvalue weighted by Gasteiger charge is -2.32. The molecule has 40 heavy (non-hydrogen) atoms. The molecule has 0 aliphatic carbocycles. The molecule has 3 fully saturated rings. The lowest BCUT2D eigenvalue weighted by atomic mass is 9.97. The van der Waals surface area contributed by atoms with Gasteiger partial charge in [-0.25, -0.2) is 9.18 Å². The zero-order chi connectivity index (χ0) is 28.2. The third kappa shape index (κ3) is 6.48. The number of carbonyl (C=O) groups is 2. The Balaban J connectivity index is 1.15. The molecule has 11 nitrogen and oxygen atoms in total. The van der Waals surface area contributed by atoms with E-state index in [9.17, 15) is 14.0 Å². The lowest BCUT2D eigenvalue weighted by molar-refractivity contribution is -0.128. The summed E-state index contributed by atoms with van der Waals surface area (Å²) in [6.07, 6.45) is 5.44. The molecule has 218 valence electrons. The average Bonchev–Trinajstić information content (AvgIpc) is 3.59. The van der Waals surface area contributed by atoms with Crippen LogP contribution in [-0.2, 0) is 9.53 Å². The van der Waals surface area contributed by atoms with Crippen molar-refractivity contribution < 1.29 is 23.5 Å². The maximum atomic E-state index is 13.1. The smallest absolute Gasteiger partial charge is 0.410 e. The summed E-state index contributed by atoms with van der Waals surface area (Å²) in [7, 11) is 0. The van der Waals surface area contributed by atoms with Crippen LogP contribution in [0.15, 0.2) is 24.7 Å². The molecule has 3 aliphatic rings. The molecule has 3 saturated heterocycles. The summed E-state index contributed by atoms with van der Waals surface area (Å²) in [5, 5.41) is 11.6. The molecule has 5 heterocycles. The van der Waals surface area contributed by atoms with E-state index in [0.717, 1.165) is 62.3 Å². The number of hydrogen-bond acceptors (Lipinski definition) is 8. The van der Waals surface area contributed by atoms with Crippen LogP contribution in [0.5, 0.6) is 5.88 Å². The molecule has 2 N–H and O–H groups in total. The molecule has 3 aliphatic heterocycles. The van der Waals surface area contributed by atoms with Crippen LogP contribution in [0.4, 0.5) is 15.0 Å². The number of nitrogens with one attached hydrogen (secondary N) is 2. The first kappa shape index (κ1) is 28.1. The van der Waals surface area contributed by atoms with Crippen LogP contribution >= 0.6 is 0 Å². The van der Waals surface area contributed by atoms with Crippen LogP contribution in [0.25, 0.3) is 5.65 Å². The monoisotopic (exact) mass is 557 g/mol. The number of hydrogen-bond donors (Lipinski definition) is 2. The van der Waals surface area contributed by atoms with Gasteiger partial charge in [0, 0.05) is 50.8 Å². The first-order valence-corrected chi connectivity index (χ1v) is 14.4. The number of piperidine rings is 2. The van der Waals surface area contributed by atoms with Gasteiger partial charge in [-0.3, -0.25) is 4.79 Å². The van der Waals surface area contributed by atoms with Crippen molar-refractivity contribution in [2.75, 3.05) is 51.1 Å². The standard InChI is InChI=1S/C28H40FN7O4/c1-18(2)23-16-32-36-24(13-25(33-26(23)36)39-21-5-4-9-30-15-21)31-14-20-6-10-34(11-7-20)28(38)40-22-8-12-35(17-22)27(37)19(3)29/h13,16,18,20-22,30-31H,3-12,14-15,17H2,1-2H3/t21-,22?/m1/s1. The third-order valence-electron chi connectivity index (χ3n) is 8.01. The molecule has 0 radical (unpaired) electrons. The summed E-state index contributed by atoms with van der Waals surface area (Å²) in [6.45, 7) is 11.6. The second-order valence-corrected chi connectivity index (χ2v) is 11.3. The predicted octanol–water partition coefficient (Wildman–Crippen LogP) is 3.33. The summed E-state index contributed by atoms with van der Waals surface area (Å²) in [4.78, 5) is 32.3. The number of carbonyl (C=O) groups excluding carboxylic acids is 2. The van der Waals surface area contributed by atoms with Crippen LogP contribution < -0.4 is 15.4 Å². The van der Waals surface area contributed by atoms with E-state index in [1.165, 1.54) is 4.90 Å². The predicted molar refractivity (Wildman–Crippen MR) is 148 cm³/mol. The number of anilines is 1. The summed E-state index contributed by atoms with van der Waals surface area (Å²) in [5.74, 6) is 0.367. The Morgan fingerprint density at radius 2 is 1.95 bits per heavy atom. The first-order valence-electron chi connectivity index (χ1n) is 14.4. The largest absolute Gasteiger partial charge is 0.473 e. The van der Waals surface area contributed by atoms with Crippen LogP contribution in [0.2, 0.25) is 0 Å². The first-order chi connectivity index (χ1) is 19.3. The van der Waals surface area contributed by atoms with Crippen molar-refractivity contribution in [3.05, 3.63) is 30.2 Å². The zero-order valence-corrected chi connectivity index (χ0v) is 23.4. The third-order valence-corrected chi connectivity index (χ3v) is 8.01. The highest BCUT2D eigenvalue weighted by molar-refractivity contribution is 5.90. The van der Waals surface area contributed by atoms with E-state index in [1.54, 1.807) is 4.90 Å². The molecule has 5 rings (SSSR count). The quantitative estimate of drug-likeness (QED) is 0.476. The van der Waals surface area contributed by atoms with Gasteiger partial charge in [-0.1, -0.05) is 20.4 Å². The van der Waals surface area contributed by atoms with Crippen molar-refractivity contribution in [3.8, 4) is 5.88 Å².